The van der Waals surface area contributed by atoms with Crippen molar-refractivity contribution in [3.05, 3.63) is 34.3 Å². The summed E-state index contributed by atoms with van der Waals surface area (Å²) < 4.78 is 6.81. The quantitative estimate of drug-likeness (QED) is 0.901. The molecule has 3 heteroatoms. The van der Waals surface area contributed by atoms with Crippen LogP contribution in [0.25, 0.3) is 6.08 Å². The van der Waals surface area contributed by atoms with E-state index in [1.807, 2.05) is 24.3 Å². The summed E-state index contributed by atoms with van der Waals surface area (Å²) in [6.45, 7) is 1.41. The molecule has 17 heavy (non-hydrogen) atoms. The summed E-state index contributed by atoms with van der Waals surface area (Å²) in [5, 5.41) is 0. The Hall–Kier alpha value is -0.800. The molecule has 1 fully saturated rings. The normalized spacial score (nSPS) is 16.1. The average molecular weight is 296 g/mol. The first-order valence-corrected chi connectivity index (χ1v) is 6.88. The molecule has 0 radical (unpaired) electrons. The van der Waals surface area contributed by atoms with Crippen molar-refractivity contribution in [2.45, 2.75) is 19.3 Å². The monoisotopic (exact) mass is 295 g/mol. The number of nitrogens with two attached hydrogens (primary N) is 1. The number of hydrogen-bond acceptors (Lipinski definition) is 2. The topological polar surface area (TPSA) is 35.2 Å². The Morgan fingerprint density at radius 3 is 2.82 bits per heavy atom. The van der Waals surface area contributed by atoms with E-state index in [1.165, 1.54) is 19.3 Å². The van der Waals surface area contributed by atoms with Crippen LogP contribution in [0, 0.1) is 5.92 Å². The van der Waals surface area contributed by atoms with Crippen LogP contribution in [0.3, 0.4) is 0 Å². The fourth-order valence-electron chi connectivity index (χ4n) is 1.81. The first-order chi connectivity index (χ1) is 8.29. The number of ether oxygens (including phenoxy) is 1. The molecule has 0 amide bonds. The molecular weight excluding hydrogens is 278 g/mol. The smallest absolute Gasteiger partial charge is 0.133 e. The Morgan fingerprint density at radius 2 is 2.24 bits per heavy atom. The number of benzene rings is 1. The third kappa shape index (κ3) is 3.58. The first-order valence-electron chi connectivity index (χ1n) is 6.08. The fourth-order valence-corrected chi connectivity index (χ4v) is 2.32. The lowest BCUT2D eigenvalue weighted by atomic mass is 9.86. The van der Waals surface area contributed by atoms with Gasteiger partial charge in [0.2, 0.25) is 0 Å². The Balaban J connectivity index is 1.95. The molecule has 0 aromatic heterocycles. The summed E-state index contributed by atoms with van der Waals surface area (Å²) in [7, 11) is 0. The van der Waals surface area contributed by atoms with E-state index < -0.39 is 0 Å². The molecule has 0 spiro atoms. The van der Waals surface area contributed by atoms with Gasteiger partial charge in [0.1, 0.15) is 5.75 Å². The highest BCUT2D eigenvalue weighted by atomic mass is 79.9. The number of hydrogen-bond donors (Lipinski definition) is 1. The van der Waals surface area contributed by atoms with Crippen molar-refractivity contribution in [1.29, 1.82) is 0 Å². The molecule has 1 aliphatic rings. The summed E-state index contributed by atoms with van der Waals surface area (Å²) >= 11 is 3.54. The molecule has 92 valence electrons. The summed E-state index contributed by atoms with van der Waals surface area (Å²) in [5.74, 6) is 1.69. The summed E-state index contributed by atoms with van der Waals surface area (Å²) in [5.41, 5.74) is 6.56. The minimum Gasteiger partial charge on any atom is -0.492 e. The molecule has 1 aromatic rings. The van der Waals surface area contributed by atoms with Crippen molar-refractivity contribution < 1.29 is 4.74 Å². The van der Waals surface area contributed by atoms with Gasteiger partial charge in [0, 0.05) is 6.54 Å². The molecular formula is C14H18BrNO. The van der Waals surface area contributed by atoms with E-state index in [0.29, 0.717) is 6.54 Å². The zero-order valence-electron chi connectivity index (χ0n) is 9.86. The highest BCUT2D eigenvalue weighted by Gasteiger charge is 2.18. The highest BCUT2D eigenvalue weighted by Crippen LogP contribution is 2.30. The van der Waals surface area contributed by atoms with Crippen LogP contribution in [-0.4, -0.2) is 13.2 Å². The minimum atomic E-state index is 0.567. The summed E-state index contributed by atoms with van der Waals surface area (Å²) in [4.78, 5) is 0. The lowest BCUT2D eigenvalue weighted by Gasteiger charge is -2.25. The van der Waals surface area contributed by atoms with Crippen molar-refractivity contribution >= 4 is 22.0 Å². The fraction of sp³-hybridized carbons (Fsp3) is 0.429. The predicted octanol–water partition coefficient (Wildman–Crippen LogP) is 3.60. The maximum absolute atomic E-state index is 5.80. The van der Waals surface area contributed by atoms with Crippen molar-refractivity contribution in [3.8, 4) is 5.75 Å². The van der Waals surface area contributed by atoms with Gasteiger partial charge in [-0.2, -0.15) is 0 Å². The molecule has 0 bridgehead atoms. The number of halogens is 1. The van der Waals surface area contributed by atoms with Crippen LogP contribution < -0.4 is 10.5 Å². The molecule has 0 heterocycles. The third-order valence-electron chi connectivity index (χ3n) is 3.10. The maximum Gasteiger partial charge on any atom is 0.133 e. The van der Waals surface area contributed by atoms with Gasteiger partial charge in [-0.3, -0.25) is 0 Å². The molecule has 1 aromatic carbocycles. The van der Waals surface area contributed by atoms with Crippen LogP contribution in [-0.2, 0) is 0 Å². The SMILES string of the molecule is NC/C=C/c1ccc(OCC2CCC2)c(Br)c1. The molecule has 2 N–H and O–H groups in total. The van der Waals surface area contributed by atoms with Crippen LogP contribution >= 0.6 is 15.9 Å². The van der Waals surface area contributed by atoms with Gasteiger partial charge in [0.15, 0.2) is 0 Å². The molecule has 2 nitrogen and oxygen atoms in total. The Morgan fingerprint density at radius 1 is 1.41 bits per heavy atom. The lowest BCUT2D eigenvalue weighted by Crippen LogP contribution is -2.19. The molecule has 2 rings (SSSR count). The second-order valence-corrected chi connectivity index (χ2v) is 5.29. The van der Waals surface area contributed by atoms with Crippen molar-refractivity contribution in [3.63, 3.8) is 0 Å². The van der Waals surface area contributed by atoms with Crippen molar-refractivity contribution in [2.75, 3.05) is 13.2 Å². The van der Waals surface area contributed by atoms with Crippen LogP contribution in [0.5, 0.6) is 5.75 Å². The second-order valence-electron chi connectivity index (χ2n) is 4.44. The van der Waals surface area contributed by atoms with Crippen LogP contribution in [0.15, 0.2) is 28.7 Å². The van der Waals surface area contributed by atoms with E-state index >= 15 is 0 Å². The van der Waals surface area contributed by atoms with Gasteiger partial charge >= 0.3 is 0 Å². The van der Waals surface area contributed by atoms with Crippen LogP contribution in [0.1, 0.15) is 24.8 Å². The van der Waals surface area contributed by atoms with E-state index in [-0.39, 0.29) is 0 Å². The Kier molecular flexibility index (Phi) is 4.63. The Labute approximate surface area is 111 Å². The third-order valence-corrected chi connectivity index (χ3v) is 3.72. The standard InChI is InChI=1S/C14H18BrNO/c15-13-9-11(5-2-8-16)6-7-14(13)17-10-12-3-1-4-12/h2,5-7,9,12H,1,3-4,8,10,16H2/b5-2+. The highest BCUT2D eigenvalue weighted by molar-refractivity contribution is 9.10. The zero-order valence-corrected chi connectivity index (χ0v) is 11.4. The summed E-state index contributed by atoms with van der Waals surface area (Å²) in [6.07, 6.45) is 7.94. The molecule has 0 unspecified atom stereocenters. The predicted molar refractivity (Wildman–Crippen MR) is 75.1 cm³/mol. The summed E-state index contributed by atoms with van der Waals surface area (Å²) in [6, 6.07) is 6.12. The zero-order chi connectivity index (χ0) is 12.1. The Bertz CT molecular complexity index is 399. The molecule has 1 saturated carbocycles. The maximum atomic E-state index is 5.80. The average Bonchev–Trinajstić information content (AvgIpc) is 2.27. The van der Waals surface area contributed by atoms with E-state index in [0.717, 1.165) is 28.3 Å². The van der Waals surface area contributed by atoms with Gasteiger partial charge in [0.05, 0.1) is 11.1 Å². The van der Waals surface area contributed by atoms with E-state index in [2.05, 4.69) is 22.0 Å². The van der Waals surface area contributed by atoms with Gasteiger partial charge in [0.25, 0.3) is 0 Å². The van der Waals surface area contributed by atoms with Gasteiger partial charge in [-0.25, -0.2) is 0 Å². The van der Waals surface area contributed by atoms with E-state index in [4.69, 9.17) is 10.5 Å². The largest absolute Gasteiger partial charge is 0.492 e. The minimum absolute atomic E-state index is 0.567. The molecule has 0 aliphatic heterocycles. The molecule has 1 aliphatic carbocycles. The van der Waals surface area contributed by atoms with Gasteiger partial charge in [-0.15, -0.1) is 0 Å². The van der Waals surface area contributed by atoms with Crippen LogP contribution in [0.2, 0.25) is 0 Å². The van der Waals surface area contributed by atoms with Crippen LogP contribution in [0.4, 0.5) is 0 Å². The van der Waals surface area contributed by atoms with Crippen molar-refractivity contribution in [1.82, 2.24) is 0 Å². The number of rotatable bonds is 5. The van der Waals surface area contributed by atoms with Gasteiger partial charge in [-0.05, 0) is 52.4 Å². The molecule has 0 saturated heterocycles. The first kappa shape index (κ1) is 12.7. The van der Waals surface area contributed by atoms with Gasteiger partial charge in [-0.1, -0.05) is 24.6 Å². The second kappa shape index (κ2) is 6.22. The molecule has 0 atom stereocenters. The van der Waals surface area contributed by atoms with Crippen molar-refractivity contribution in [2.24, 2.45) is 11.7 Å². The van der Waals surface area contributed by atoms with Gasteiger partial charge < -0.3 is 10.5 Å². The lowest BCUT2D eigenvalue weighted by molar-refractivity contribution is 0.180. The van der Waals surface area contributed by atoms with E-state index in [1.54, 1.807) is 0 Å². The van der Waals surface area contributed by atoms with E-state index in [9.17, 15) is 0 Å².